The van der Waals surface area contributed by atoms with Gasteiger partial charge >= 0.3 is 6.09 Å². The van der Waals surface area contributed by atoms with Crippen molar-refractivity contribution in [2.45, 2.75) is 80.4 Å². The van der Waals surface area contributed by atoms with E-state index >= 15 is 0 Å². The fraction of sp³-hybridized carbons (Fsp3) is 0.567. The zero-order valence-electron chi connectivity index (χ0n) is 23.8. The topological polar surface area (TPSA) is 144 Å². The van der Waals surface area contributed by atoms with Gasteiger partial charge in [-0.25, -0.2) is 13.2 Å². The van der Waals surface area contributed by atoms with Crippen molar-refractivity contribution in [1.82, 2.24) is 9.37 Å². The Bertz CT molecular complexity index is 1370. The predicted molar refractivity (Wildman–Crippen MR) is 152 cm³/mol. The van der Waals surface area contributed by atoms with Crippen molar-refractivity contribution in [3.63, 3.8) is 0 Å². The molecule has 3 aliphatic heterocycles. The van der Waals surface area contributed by atoms with Crippen molar-refractivity contribution in [3.8, 4) is 11.5 Å². The minimum Gasteiger partial charge on any atom is -0.465 e. The summed E-state index contributed by atoms with van der Waals surface area (Å²) in [5.74, 6) is 0.549. The molecule has 0 aromatic heterocycles. The lowest BCUT2D eigenvalue weighted by Crippen LogP contribution is -2.57. The summed E-state index contributed by atoms with van der Waals surface area (Å²) in [6, 6.07) is 12.0. The maximum absolute atomic E-state index is 14.1. The highest BCUT2D eigenvalue weighted by Gasteiger charge is 2.49. The van der Waals surface area contributed by atoms with Crippen LogP contribution in [-0.4, -0.2) is 91.2 Å². The normalized spacial score (nSPS) is 25.0. The largest absolute Gasteiger partial charge is 0.465 e. The second kappa shape index (κ2) is 13.0. The van der Waals surface area contributed by atoms with Gasteiger partial charge in [-0.05, 0) is 43.4 Å². The van der Waals surface area contributed by atoms with Gasteiger partial charge in [-0.1, -0.05) is 54.1 Å². The Labute approximate surface area is 251 Å². The van der Waals surface area contributed by atoms with E-state index in [9.17, 15) is 23.4 Å². The fourth-order valence-electron chi connectivity index (χ4n) is 6.50. The number of aliphatic hydroxyl groups is 1. The van der Waals surface area contributed by atoms with E-state index < -0.39 is 47.1 Å². The first-order valence-corrected chi connectivity index (χ1v) is 16.3. The summed E-state index contributed by atoms with van der Waals surface area (Å²) in [6.45, 7) is 0.0932. The molecular formula is C30H38N2O10S. The Kier molecular flexibility index (Phi) is 9.08. The van der Waals surface area contributed by atoms with Crippen molar-refractivity contribution >= 4 is 16.1 Å². The van der Waals surface area contributed by atoms with Gasteiger partial charge in [0, 0.05) is 12.0 Å². The van der Waals surface area contributed by atoms with E-state index in [0.717, 1.165) is 29.3 Å². The highest BCUT2D eigenvalue weighted by Crippen LogP contribution is 2.37. The number of nitrogens with zero attached hydrogens (tertiary/aromatic N) is 2. The van der Waals surface area contributed by atoms with Crippen LogP contribution in [0.3, 0.4) is 0 Å². The van der Waals surface area contributed by atoms with Crippen LogP contribution in [0.4, 0.5) is 4.79 Å². The maximum Gasteiger partial charge on any atom is 0.407 e. The molecule has 43 heavy (non-hydrogen) atoms. The van der Waals surface area contributed by atoms with Crippen LogP contribution in [0.25, 0.3) is 0 Å². The molecule has 12 nitrogen and oxygen atoms in total. The highest BCUT2D eigenvalue weighted by molar-refractivity contribution is 7.89. The number of benzene rings is 2. The summed E-state index contributed by atoms with van der Waals surface area (Å²) in [5, 5.41) is 22.4. The summed E-state index contributed by atoms with van der Waals surface area (Å²) in [7, 11) is -4.30. The molecule has 0 bridgehead atoms. The van der Waals surface area contributed by atoms with Gasteiger partial charge in [-0.2, -0.15) is 0 Å². The zero-order chi connectivity index (χ0) is 30.0. The van der Waals surface area contributed by atoms with Gasteiger partial charge in [-0.15, -0.1) is 0 Å². The number of sulfonamides is 1. The van der Waals surface area contributed by atoms with E-state index in [1.807, 2.05) is 30.3 Å². The van der Waals surface area contributed by atoms with E-state index in [1.54, 1.807) is 0 Å². The van der Waals surface area contributed by atoms with Crippen LogP contribution in [0.2, 0.25) is 0 Å². The minimum absolute atomic E-state index is 0.0101. The molecule has 13 heteroatoms. The molecule has 4 aliphatic rings. The van der Waals surface area contributed by atoms with Gasteiger partial charge in [0.05, 0.1) is 48.9 Å². The van der Waals surface area contributed by atoms with E-state index in [4.69, 9.17) is 23.8 Å². The molecule has 0 unspecified atom stereocenters. The van der Waals surface area contributed by atoms with Gasteiger partial charge in [0.2, 0.25) is 6.79 Å². The third kappa shape index (κ3) is 6.47. The van der Waals surface area contributed by atoms with Gasteiger partial charge in [0.15, 0.2) is 17.8 Å². The first kappa shape index (κ1) is 30.1. The first-order chi connectivity index (χ1) is 20.8. The number of rotatable bonds is 11. The van der Waals surface area contributed by atoms with Crippen molar-refractivity contribution in [3.05, 3.63) is 54.1 Å². The Morgan fingerprint density at radius 3 is 2.53 bits per heavy atom. The number of aliphatic hydroxyl groups excluding tert-OH is 1. The van der Waals surface area contributed by atoms with E-state index in [1.165, 1.54) is 23.1 Å². The van der Waals surface area contributed by atoms with Gasteiger partial charge in [0.1, 0.15) is 0 Å². The van der Waals surface area contributed by atoms with Crippen LogP contribution >= 0.6 is 0 Å². The minimum atomic E-state index is -4.30. The monoisotopic (exact) mass is 618 g/mol. The SMILES string of the molecule is O=C(O)N([C@H]1CO[C@H]2OCC[C@H]21)[C@@H](Cc1ccccc1)[C@H](O)CN(OC1CCCCC1)S(=O)(=O)c1ccc2c(c1)OCO2. The number of fused-ring (bicyclic) bond motifs is 2. The lowest BCUT2D eigenvalue weighted by Gasteiger charge is -2.39. The molecule has 3 heterocycles. The molecule has 234 valence electrons. The van der Waals surface area contributed by atoms with Crippen molar-refractivity contribution < 1.29 is 47.2 Å². The molecule has 2 N–H and O–H groups in total. The molecule has 2 aromatic rings. The standard InChI is InChI=1S/C30H38N2O10S/c33-26(24(15-20-7-3-1-4-8-20)32(30(34)35)25-18-39-29-23(25)13-14-38-29)17-31(42-21-9-5-2-6-10-21)43(36,37)22-11-12-27-28(16-22)41-19-40-27/h1,3-4,7-8,11-12,16,21,23-26,29,33H,2,5-6,9-10,13-15,17-19H2,(H,34,35)/t23-,24-,25-,26+,29+/m0/s1. The van der Waals surface area contributed by atoms with Gasteiger partial charge in [-0.3, -0.25) is 9.74 Å². The fourth-order valence-corrected chi connectivity index (χ4v) is 7.81. The molecular weight excluding hydrogens is 580 g/mol. The second-order valence-electron chi connectivity index (χ2n) is 11.5. The van der Waals surface area contributed by atoms with Crippen LogP contribution in [0.1, 0.15) is 44.1 Å². The average Bonchev–Trinajstić information content (AvgIpc) is 3.76. The molecule has 6 rings (SSSR count). The van der Waals surface area contributed by atoms with Crippen LogP contribution in [0, 0.1) is 5.92 Å². The Balaban J connectivity index is 1.32. The molecule has 1 saturated carbocycles. The summed E-state index contributed by atoms with van der Waals surface area (Å²) in [4.78, 5) is 20.2. The molecule has 2 saturated heterocycles. The number of hydroxylamine groups is 1. The number of hydrogen-bond donors (Lipinski definition) is 2. The van der Waals surface area contributed by atoms with Crippen molar-refractivity contribution in [1.29, 1.82) is 0 Å². The summed E-state index contributed by atoms with van der Waals surface area (Å²) in [6.07, 6.45) is 1.48. The van der Waals surface area contributed by atoms with Crippen molar-refractivity contribution in [2.24, 2.45) is 5.92 Å². The second-order valence-corrected chi connectivity index (χ2v) is 13.3. The van der Waals surface area contributed by atoms with Crippen LogP contribution < -0.4 is 9.47 Å². The van der Waals surface area contributed by atoms with E-state index in [0.29, 0.717) is 37.4 Å². The number of carbonyl (C=O) groups is 1. The molecule has 0 radical (unpaired) electrons. The number of carboxylic acid groups (broad SMARTS) is 1. The van der Waals surface area contributed by atoms with Gasteiger partial charge in [0.25, 0.3) is 10.0 Å². The van der Waals surface area contributed by atoms with Crippen molar-refractivity contribution in [2.75, 3.05) is 26.6 Å². The van der Waals surface area contributed by atoms with Crippen LogP contribution in [-0.2, 0) is 30.8 Å². The smallest absolute Gasteiger partial charge is 0.407 e. The maximum atomic E-state index is 14.1. The third-order valence-corrected chi connectivity index (χ3v) is 10.4. The number of ether oxygens (including phenoxy) is 4. The lowest BCUT2D eigenvalue weighted by atomic mass is 9.93. The van der Waals surface area contributed by atoms with Crippen LogP contribution in [0.15, 0.2) is 53.4 Å². The lowest BCUT2D eigenvalue weighted by molar-refractivity contribution is -0.159. The molecule has 2 aromatic carbocycles. The molecule has 1 aliphatic carbocycles. The molecule has 3 fully saturated rings. The van der Waals surface area contributed by atoms with Gasteiger partial charge < -0.3 is 29.2 Å². The quantitative estimate of drug-likeness (QED) is 0.360. The highest BCUT2D eigenvalue weighted by atomic mass is 32.2. The summed E-state index contributed by atoms with van der Waals surface area (Å²) < 4.78 is 51.1. The molecule has 5 atom stereocenters. The van der Waals surface area contributed by atoms with E-state index in [-0.39, 0.29) is 36.7 Å². The predicted octanol–water partition coefficient (Wildman–Crippen LogP) is 3.38. The summed E-state index contributed by atoms with van der Waals surface area (Å²) in [5.41, 5.74) is 0.800. The molecule has 1 amide bonds. The number of hydrogen-bond acceptors (Lipinski definition) is 9. The van der Waals surface area contributed by atoms with E-state index in [2.05, 4.69) is 0 Å². The molecule has 0 spiro atoms. The number of amides is 1. The first-order valence-electron chi connectivity index (χ1n) is 14.9. The summed E-state index contributed by atoms with van der Waals surface area (Å²) >= 11 is 0. The average molecular weight is 619 g/mol. The zero-order valence-corrected chi connectivity index (χ0v) is 24.6. The Morgan fingerprint density at radius 2 is 1.77 bits per heavy atom. The Hall–Kier alpha value is -2.94. The third-order valence-electron chi connectivity index (χ3n) is 8.74. The van der Waals surface area contributed by atoms with Crippen LogP contribution in [0.5, 0.6) is 11.5 Å². The Morgan fingerprint density at radius 1 is 1.00 bits per heavy atom.